The first-order valence-electron chi connectivity index (χ1n) is 10.7. The van der Waals surface area contributed by atoms with Crippen LogP contribution in [0.25, 0.3) is 0 Å². The van der Waals surface area contributed by atoms with E-state index in [1.54, 1.807) is 11.8 Å². The normalized spacial score (nSPS) is 15.6. The lowest BCUT2D eigenvalue weighted by atomic mass is 10.1. The zero-order valence-electron chi connectivity index (χ0n) is 18.0. The highest BCUT2D eigenvalue weighted by atomic mass is 32.2. The summed E-state index contributed by atoms with van der Waals surface area (Å²) >= 11 is 1.59. The molecular formula is C26H26N2O3S. The number of carbonyl (C=O) groups is 2. The van der Waals surface area contributed by atoms with E-state index in [-0.39, 0.29) is 17.2 Å². The number of rotatable bonds is 8. The summed E-state index contributed by atoms with van der Waals surface area (Å²) in [6.07, 6.45) is 1.12. The fraction of sp³-hybridized carbons (Fsp3) is 0.231. The SMILES string of the molecule is CCOc1ccc(N2C(=O)CS[C@@H]2c2cccc(NC(=O)CCc3ccccc3)c2)cc1. The monoisotopic (exact) mass is 446 g/mol. The minimum Gasteiger partial charge on any atom is -0.494 e. The number of nitrogens with one attached hydrogen (secondary N) is 1. The van der Waals surface area contributed by atoms with Crippen LogP contribution >= 0.6 is 11.8 Å². The van der Waals surface area contributed by atoms with Gasteiger partial charge in [-0.25, -0.2) is 0 Å². The van der Waals surface area contributed by atoms with Crippen molar-refractivity contribution < 1.29 is 14.3 Å². The molecule has 0 aromatic heterocycles. The second-order valence-corrected chi connectivity index (χ2v) is 8.58. The quantitative estimate of drug-likeness (QED) is 0.501. The molecule has 0 bridgehead atoms. The first-order chi connectivity index (χ1) is 15.6. The summed E-state index contributed by atoms with van der Waals surface area (Å²) in [5.74, 6) is 1.25. The standard InChI is InChI=1S/C26H26N2O3S/c1-2-31-23-14-12-22(13-15-23)28-25(30)18-32-26(28)20-9-6-10-21(17-20)27-24(29)16-11-19-7-4-3-5-8-19/h3-10,12-15,17,26H,2,11,16,18H2,1H3,(H,27,29)/t26-/m1/s1. The van der Waals surface area contributed by atoms with Gasteiger partial charge in [0.05, 0.1) is 12.4 Å². The van der Waals surface area contributed by atoms with E-state index in [1.807, 2.05) is 90.7 Å². The van der Waals surface area contributed by atoms with Crippen molar-refractivity contribution in [3.63, 3.8) is 0 Å². The molecule has 1 aliphatic rings. The summed E-state index contributed by atoms with van der Waals surface area (Å²) in [5.41, 5.74) is 3.71. The van der Waals surface area contributed by atoms with Gasteiger partial charge in [0.15, 0.2) is 0 Å². The Balaban J connectivity index is 1.45. The van der Waals surface area contributed by atoms with E-state index >= 15 is 0 Å². The van der Waals surface area contributed by atoms with Crippen LogP contribution in [0.15, 0.2) is 78.9 Å². The maximum absolute atomic E-state index is 12.7. The molecule has 4 rings (SSSR count). The van der Waals surface area contributed by atoms with Crippen LogP contribution in [0.3, 0.4) is 0 Å². The molecule has 1 aliphatic heterocycles. The molecule has 1 fully saturated rings. The van der Waals surface area contributed by atoms with Crippen molar-refractivity contribution in [2.24, 2.45) is 0 Å². The van der Waals surface area contributed by atoms with E-state index in [9.17, 15) is 9.59 Å². The van der Waals surface area contributed by atoms with Gasteiger partial charge in [0.25, 0.3) is 0 Å². The number of hydrogen-bond acceptors (Lipinski definition) is 4. The third-order valence-corrected chi connectivity index (χ3v) is 6.45. The molecular weight excluding hydrogens is 420 g/mol. The summed E-state index contributed by atoms with van der Waals surface area (Å²) in [4.78, 5) is 26.9. The number of anilines is 2. The molecule has 1 heterocycles. The number of ether oxygens (including phenoxy) is 1. The van der Waals surface area contributed by atoms with E-state index in [0.717, 1.165) is 28.3 Å². The van der Waals surface area contributed by atoms with Gasteiger partial charge in [-0.1, -0.05) is 42.5 Å². The Labute approximate surface area is 192 Å². The molecule has 1 saturated heterocycles. The molecule has 0 unspecified atom stereocenters. The Morgan fingerprint density at radius 3 is 2.59 bits per heavy atom. The Morgan fingerprint density at radius 1 is 1.06 bits per heavy atom. The predicted molar refractivity (Wildman–Crippen MR) is 130 cm³/mol. The average Bonchev–Trinajstić information content (AvgIpc) is 3.21. The molecule has 3 aromatic rings. The Morgan fingerprint density at radius 2 is 1.84 bits per heavy atom. The minimum atomic E-state index is -0.137. The minimum absolute atomic E-state index is 0.0236. The molecule has 0 radical (unpaired) electrons. The molecule has 0 spiro atoms. The van der Waals surface area contributed by atoms with Crippen molar-refractivity contribution in [2.75, 3.05) is 22.6 Å². The molecule has 6 heteroatoms. The Hall–Kier alpha value is -3.25. The largest absolute Gasteiger partial charge is 0.494 e. The van der Waals surface area contributed by atoms with E-state index < -0.39 is 0 Å². The molecule has 5 nitrogen and oxygen atoms in total. The van der Waals surface area contributed by atoms with Gasteiger partial charge < -0.3 is 10.1 Å². The van der Waals surface area contributed by atoms with Gasteiger partial charge in [0, 0.05) is 17.8 Å². The Kier molecular flexibility index (Phi) is 7.12. The van der Waals surface area contributed by atoms with Crippen molar-refractivity contribution in [3.05, 3.63) is 90.0 Å². The maximum Gasteiger partial charge on any atom is 0.238 e. The van der Waals surface area contributed by atoms with Gasteiger partial charge in [-0.2, -0.15) is 0 Å². The van der Waals surface area contributed by atoms with Crippen LogP contribution < -0.4 is 15.0 Å². The molecule has 164 valence electrons. The highest BCUT2D eigenvalue weighted by molar-refractivity contribution is 8.00. The summed E-state index contributed by atoms with van der Waals surface area (Å²) in [7, 11) is 0. The number of benzene rings is 3. The topological polar surface area (TPSA) is 58.6 Å². The summed E-state index contributed by atoms with van der Waals surface area (Å²) in [6, 6.07) is 25.3. The average molecular weight is 447 g/mol. The van der Waals surface area contributed by atoms with Crippen molar-refractivity contribution in [1.29, 1.82) is 0 Å². The van der Waals surface area contributed by atoms with Gasteiger partial charge in [-0.3, -0.25) is 14.5 Å². The van der Waals surface area contributed by atoms with E-state index in [4.69, 9.17) is 4.74 Å². The second-order valence-electron chi connectivity index (χ2n) is 7.51. The predicted octanol–water partition coefficient (Wildman–Crippen LogP) is 5.44. The van der Waals surface area contributed by atoms with Crippen molar-refractivity contribution >= 4 is 35.0 Å². The lowest BCUT2D eigenvalue weighted by molar-refractivity contribution is -0.116. The van der Waals surface area contributed by atoms with Crippen molar-refractivity contribution in [2.45, 2.75) is 25.1 Å². The highest BCUT2D eigenvalue weighted by Gasteiger charge is 2.34. The molecule has 1 atom stereocenters. The van der Waals surface area contributed by atoms with Gasteiger partial charge in [0.2, 0.25) is 11.8 Å². The van der Waals surface area contributed by atoms with Crippen LogP contribution in [0.2, 0.25) is 0 Å². The molecule has 1 N–H and O–H groups in total. The number of hydrogen-bond donors (Lipinski definition) is 1. The first-order valence-corrected chi connectivity index (χ1v) is 11.8. The first kappa shape index (κ1) is 22.0. The lowest BCUT2D eigenvalue weighted by Crippen LogP contribution is -2.27. The molecule has 3 aromatic carbocycles. The van der Waals surface area contributed by atoms with E-state index in [0.29, 0.717) is 25.2 Å². The van der Waals surface area contributed by atoms with Gasteiger partial charge in [-0.05, 0) is 60.9 Å². The fourth-order valence-corrected chi connectivity index (χ4v) is 4.88. The van der Waals surface area contributed by atoms with Crippen LogP contribution in [0.4, 0.5) is 11.4 Å². The van der Waals surface area contributed by atoms with Crippen LogP contribution in [0.1, 0.15) is 29.8 Å². The maximum atomic E-state index is 12.7. The summed E-state index contributed by atoms with van der Waals surface area (Å²) in [5, 5.41) is 2.86. The van der Waals surface area contributed by atoms with Crippen LogP contribution in [-0.4, -0.2) is 24.2 Å². The number of thioether (sulfide) groups is 1. The van der Waals surface area contributed by atoms with Crippen LogP contribution in [0, 0.1) is 0 Å². The van der Waals surface area contributed by atoms with Crippen LogP contribution in [0.5, 0.6) is 5.75 Å². The molecule has 0 saturated carbocycles. The third kappa shape index (κ3) is 5.32. The summed E-state index contributed by atoms with van der Waals surface area (Å²) < 4.78 is 5.51. The van der Waals surface area contributed by atoms with Gasteiger partial charge in [-0.15, -0.1) is 11.8 Å². The number of nitrogens with zero attached hydrogens (tertiary/aromatic N) is 1. The number of amides is 2. The second kappa shape index (κ2) is 10.4. The molecule has 32 heavy (non-hydrogen) atoms. The van der Waals surface area contributed by atoms with Gasteiger partial charge >= 0.3 is 0 Å². The summed E-state index contributed by atoms with van der Waals surface area (Å²) in [6.45, 7) is 2.54. The zero-order chi connectivity index (χ0) is 22.3. The lowest BCUT2D eigenvalue weighted by Gasteiger charge is -2.25. The van der Waals surface area contributed by atoms with Crippen molar-refractivity contribution in [1.82, 2.24) is 0 Å². The zero-order valence-corrected chi connectivity index (χ0v) is 18.8. The molecule has 2 amide bonds. The highest BCUT2D eigenvalue weighted by Crippen LogP contribution is 2.42. The smallest absolute Gasteiger partial charge is 0.238 e. The third-order valence-electron chi connectivity index (χ3n) is 5.23. The van der Waals surface area contributed by atoms with E-state index in [1.165, 1.54) is 0 Å². The van der Waals surface area contributed by atoms with Crippen molar-refractivity contribution in [3.8, 4) is 5.75 Å². The van der Waals surface area contributed by atoms with E-state index in [2.05, 4.69) is 5.32 Å². The van der Waals surface area contributed by atoms with Crippen LogP contribution in [-0.2, 0) is 16.0 Å². The number of carbonyl (C=O) groups excluding carboxylic acids is 2. The van der Waals surface area contributed by atoms with Gasteiger partial charge in [0.1, 0.15) is 11.1 Å². The molecule has 0 aliphatic carbocycles. The fourth-order valence-electron chi connectivity index (χ4n) is 3.72. The number of aryl methyl sites for hydroxylation is 1. The Bertz CT molecular complexity index is 1070.